The molecular formula is C60H96O7. The van der Waals surface area contributed by atoms with E-state index in [1.165, 1.54) is 89.9 Å². The van der Waals surface area contributed by atoms with Crippen LogP contribution in [0.2, 0.25) is 0 Å². The van der Waals surface area contributed by atoms with Gasteiger partial charge in [0.25, 0.3) is 0 Å². The summed E-state index contributed by atoms with van der Waals surface area (Å²) in [4.78, 5) is 0. The summed E-state index contributed by atoms with van der Waals surface area (Å²) in [6.45, 7) is 20.2. The highest BCUT2D eigenvalue weighted by atomic mass is 16.5. The van der Waals surface area contributed by atoms with Crippen molar-refractivity contribution in [2.45, 2.75) is 228 Å². The summed E-state index contributed by atoms with van der Waals surface area (Å²) in [6, 6.07) is 11.2. The van der Waals surface area contributed by atoms with E-state index in [0.717, 1.165) is 157 Å². The molecule has 0 fully saturated rings. The zero-order chi connectivity index (χ0) is 47.7. The first-order valence-electron chi connectivity index (χ1n) is 28.0. The number of fused-ring (bicyclic) bond motifs is 6. The molecule has 0 unspecified atom stereocenters. The molecule has 0 aliphatic heterocycles. The van der Waals surface area contributed by atoms with Gasteiger partial charge in [-0.1, -0.05) is 183 Å². The molecule has 0 heterocycles. The first-order valence-corrected chi connectivity index (χ1v) is 28.0. The molecule has 0 saturated heterocycles. The lowest BCUT2D eigenvalue weighted by atomic mass is 9.92. The van der Waals surface area contributed by atoms with E-state index in [2.05, 4.69) is 78.8 Å². The fourth-order valence-corrected chi connectivity index (χ4v) is 8.89. The highest BCUT2D eigenvalue weighted by Gasteiger charge is 2.25. The highest BCUT2D eigenvalue weighted by Crippen LogP contribution is 2.52. The van der Waals surface area contributed by atoms with Crippen LogP contribution in [0, 0.1) is 0 Å². The Morgan fingerprint density at radius 1 is 0.224 bits per heavy atom. The summed E-state index contributed by atoms with van der Waals surface area (Å²) in [7, 11) is 0. The standard InChI is InChI=1S/C60H96O7/c1-8-15-22-29-36-61-53-43-48-49-44-55(63-38-31-24-17-10-3)56(64-39-32-25-18-11-4)46-51(49)58-52(50(48)45-54(53)62-37-30-23-16-9-2)47-57(65-40-33-26-19-12-5)59(66-41-34-27-20-13-6)60(58)67-42-35-28-21-14-7/h43-47H,8-42H2,1-7H3. The number of benzene rings is 4. The van der Waals surface area contributed by atoms with Crippen molar-refractivity contribution in [3.63, 3.8) is 0 Å². The number of hydrogen-bond donors (Lipinski definition) is 0. The van der Waals surface area contributed by atoms with Crippen LogP contribution in [0.5, 0.6) is 40.2 Å². The molecular weight excluding hydrogens is 833 g/mol. The van der Waals surface area contributed by atoms with Crippen LogP contribution >= 0.6 is 0 Å². The Kier molecular flexibility index (Phi) is 28.8. The van der Waals surface area contributed by atoms with E-state index < -0.39 is 0 Å². The van der Waals surface area contributed by atoms with Crippen molar-refractivity contribution in [1.82, 2.24) is 0 Å². The predicted molar refractivity (Wildman–Crippen MR) is 286 cm³/mol. The van der Waals surface area contributed by atoms with Gasteiger partial charge in [0.05, 0.1) is 46.2 Å². The maximum Gasteiger partial charge on any atom is 0.204 e. The van der Waals surface area contributed by atoms with Crippen molar-refractivity contribution in [3.05, 3.63) is 30.3 Å². The van der Waals surface area contributed by atoms with Gasteiger partial charge >= 0.3 is 0 Å². The molecule has 4 aromatic carbocycles. The molecule has 0 amide bonds. The zero-order valence-electron chi connectivity index (χ0n) is 44.0. The van der Waals surface area contributed by atoms with Crippen molar-refractivity contribution in [1.29, 1.82) is 0 Å². The van der Waals surface area contributed by atoms with Gasteiger partial charge in [-0.15, -0.1) is 0 Å². The number of hydrogen-bond acceptors (Lipinski definition) is 7. The lowest BCUT2D eigenvalue weighted by Crippen LogP contribution is -2.08. The second-order valence-corrected chi connectivity index (χ2v) is 19.0. The smallest absolute Gasteiger partial charge is 0.204 e. The van der Waals surface area contributed by atoms with E-state index in [-0.39, 0.29) is 0 Å². The molecule has 0 bridgehead atoms. The van der Waals surface area contributed by atoms with Crippen molar-refractivity contribution >= 4 is 32.3 Å². The largest absolute Gasteiger partial charge is 0.490 e. The minimum absolute atomic E-state index is 0.595. The zero-order valence-corrected chi connectivity index (χ0v) is 44.0. The second-order valence-electron chi connectivity index (χ2n) is 19.0. The molecule has 378 valence electrons. The van der Waals surface area contributed by atoms with Crippen LogP contribution in [0.3, 0.4) is 0 Å². The minimum Gasteiger partial charge on any atom is -0.490 e. The Hall–Kier alpha value is -3.74. The molecule has 0 aliphatic carbocycles. The van der Waals surface area contributed by atoms with Crippen molar-refractivity contribution in [2.24, 2.45) is 0 Å². The van der Waals surface area contributed by atoms with Crippen LogP contribution in [0.15, 0.2) is 30.3 Å². The molecule has 0 aliphatic rings. The summed E-state index contributed by atoms with van der Waals surface area (Å²) in [5, 5.41) is 6.37. The Labute approximate surface area is 409 Å². The quantitative estimate of drug-likeness (QED) is 0.0324. The average Bonchev–Trinajstić information content (AvgIpc) is 3.34. The molecule has 67 heavy (non-hydrogen) atoms. The van der Waals surface area contributed by atoms with Crippen LogP contribution in [0.1, 0.15) is 228 Å². The van der Waals surface area contributed by atoms with Crippen molar-refractivity contribution < 1.29 is 33.2 Å². The van der Waals surface area contributed by atoms with Crippen LogP contribution in [0.25, 0.3) is 32.3 Å². The first-order chi connectivity index (χ1) is 33.1. The molecule has 7 heteroatoms. The SMILES string of the molecule is CCCCCCOc1cc2c3cc(OCCCCCC)c(OCCCCCC)cc3c3c(OCCCCCC)c(OCCCCCC)c(OCCCCCC)cc3c2cc1OCCCCCC. The predicted octanol–water partition coefficient (Wildman–Crippen LogP) is 18.9. The molecule has 4 aromatic rings. The summed E-state index contributed by atoms with van der Waals surface area (Å²) >= 11 is 0. The Balaban J connectivity index is 2.10. The number of unbranched alkanes of at least 4 members (excludes halogenated alkanes) is 21. The molecule has 0 N–H and O–H groups in total. The van der Waals surface area contributed by atoms with Gasteiger partial charge in [-0.3, -0.25) is 0 Å². The van der Waals surface area contributed by atoms with E-state index in [0.29, 0.717) is 52.0 Å². The van der Waals surface area contributed by atoms with Gasteiger partial charge in [0.15, 0.2) is 34.5 Å². The fraction of sp³-hybridized carbons (Fsp3) is 0.700. The van der Waals surface area contributed by atoms with E-state index in [4.69, 9.17) is 33.2 Å². The summed E-state index contributed by atoms with van der Waals surface area (Å²) in [5.74, 6) is 5.40. The first kappa shape index (κ1) is 55.9. The second kappa shape index (κ2) is 34.5. The van der Waals surface area contributed by atoms with Gasteiger partial charge in [-0.05, 0) is 102 Å². The highest BCUT2D eigenvalue weighted by molar-refractivity contribution is 6.28. The molecule has 0 radical (unpaired) electrons. The van der Waals surface area contributed by atoms with E-state index in [1.807, 2.05) is 0 Å². The van der Waals surface area contributed by atoms with Gasteiger partial charge in [0, 0.05) is 5.39 Å². The third-order valence-electron chi connectivity index (χ3n) is 13.0. The maximum atomic E-state index is 7.12. The summed E-state index contributed by atoms with van der Waals surface area (Å²) in [6.07, 6.45) is 31.6. The Bertz CT molecular complexity index is 1860. The molecule has 4 rings (SSSR count). The summed E-state index contributed by atoms with van der Waals surface area (Å²) < 4.78 is 47.9. The fourth-order valence-electron chi connectivity index (χ4n) is 8.89. The van der Waals surface area contributed by atoms with Gasteiger partial charge in [-0.2, -0.15) is 0 Å². The number of ether oxygens (including phenoxy) is 7. The summed E-state index contributed by atoms with van der Waals surface area (Å²) in [5.41, 5.74) is 0. The third-order valence-corrected chi connectivity index (χ3v) is 13.0. The lowest BCUT2D eigenvalue weighted by molar-refractivity contribution is 0.236. The minimum atomic E-state index is 0.595. The van der Waals surface area contributed by atoms with Gasteiger partial charge in [-0.25, -0.2) is 0 Å². The normalized spacial score (nSPS) is 11.5. The van der Waals surface area contributed by atoms with Gasteiger partial charge in [0.1, 0.15) is 0 Å². The topological polar surface area (TPSA) is 64.6 Å². The van der Waals surface area contributed by atoms with Crippen LogP contribution in [0.4, 0.5) is 0 Å². The lowest BCUT2D eigenvalue weighted by Gasteiger charge is -2.23. The van der Waals surface area contributed by atoms with Crippen molar-refractivity contribution in [2.75, 3.05) is 46.2 Å². The van der Waals surface area contributed by atoms with Crippen LogP contribution in [-0.2, 0) is 0 Å². The van der Waals surface area contributed by atoms with E-state index >= 15 is 0 Å². The van der Waals surface area contributed by atoms with Crippen LogP contribution < -0.4 is 33.2 Å². The molecule has 0 spiro atoms. The molecule has 7 nitrogen and oxygen atoms in total. The Morgan fingerprint density at radius 3 is 0.746 bits per heavy atom. The Morgan fingerprint density at radius 2 is 0.448 bits per heavy atom. The third kappa shape index (κ3) is 18.9. The maximum absolute atomic E-state index is 7.12. The molecule has 0 aromatic heterocycles. The monoisotopic (exact) mass is 929 g/mol. The van der Waals surface area contributed by atoms with E-state index in [1.54, 1.807) is 0 Å². The van der Waals surface area contributed by atoms with Gasteiger partial charge in [0.2, 0.25) is 5.75 Å². The average molecular weight is 929 g/mol. The van der Waals surface area contributed by atoms with Crippen LogP contribution in [-0.4, -0.2) is 46.2 Å². The number of rotatable bonds is 42. The van der Waals surface area contributed by atoms with Gasteiger partial charge < -0.3 is 33.2 Å². The molecule has 0 saturated carbocycles. The van der Waals surface area contributed by atoms with Crippen molar-refractivity contribution in [3.8, 4) is 40.2 Å². The van der Waals surface area contributed by atoms with E-state index in [9.17, 15) is 0 Å². The molecule has 0 atom stereocenters.